The zero-order chi connectivity index (χ0) is 12.1. The maximum atomic E-state index is 11.1. The average Bonchev–Trinajstić information content (AvgIpc) is 2.57. The first-order chi connectivity index (χ1) is 7.50. The van der Waals surface area contributed by atoms with E-state index in [-0.39, 0.29) is 5.92 Å². The minimum absolute atomic E-state index is 0.241. The SMILES string of the molecule is CC(C)CC(CCc1ccnn1C)C(=O)O. The summed E-state index contributed by atoms with van der Waals surface area (Å²) in [5.74, 6) is -0.501. The van der Waals surface area contributed by atoms with Gasteiger partial charge in [-0.2, -0.15) is 5.10 Å². The van der Waals surface area contributed by atoms with Crippen molar-refractivity contribution >= 4 is 5.97 Å². The minimum atomic E-state index is -0.684. The fourth-order valence-corrected chi connectivity index (χ4v) is 1.88. The van der Waals surface area contributed by atoms with E-state index in [0.717, 1.165) is 18.5 Å². The lowest BCUT2D eigenvalue weighted by atomic mass is 9.92. The van der Waals surface area contributed by atoms with Crippen LogP contribution >= 0.6 is 0 Å². The molecule has 0 saturated heterocycles. The second kappa shape index (κ2) is 5.68. The molecule has 0 fully saturated rings. The molecule has 0 bridgehead atoms. The summed E-state index contributed by atoms with van der Waals surface area (Å²) in [5.41, 5.74) is 1.09. The summed E-state index contributed by atoms with van der Waals surface area (Å²) in [6.45, 7) is 4.11. The topological polar surface area (TPSA) is 55.1 Å². The van der Waals surface area contributed by atoms with Crippen LogP contribution in [0.25, 0.3) is 0 Å². The highest BCUT2D eigenvalue weighted by Gasteiger charge is 2.19. The molecule has 0 aliphatic heterocycles. The lowest BCUT2D eigenvalue weighted by molar-refractivity contribution is -0.142. The standard InChI is InChI=1S/C12H20N2O2/c1-9(2)8-10(12(15)16)4-5-11-6-7-13-14(11)3/h6-7,9-10H,4-5,8H2,1-3H3,(H,15,16). The molecule has 0 amide bonds. The molecule has 1 heterocycles. The Morgan fingerprint density at radius 1 is 1.56 bits per heavy atom. The summed E-state index contributed by atoms with van der Waals surface area (Å²) < 4.78 is 1.80. The van der Waals surface area contributed by atoms with Gasteiger partial charge in [0.1, 0.15) is 0 Å². The van der Waals surface area contributed by atoms with Gasteiger partial charge >= 0.3 is 5.97 Å². The Morgan fingerprint density at radius 3 is 2.69 bits per heavy atom. The van der Waals surface area contributed by atoms with Gasteiger partial charge in [0.05, 0.1) is 5.92 Å². The van der Waals surface area contributed by atoms with E-state index in [1.807, 2.05) is 13.1 Å². The van der Waals surface area contributed by atoms with Crippen molar-refractivity contribution in [3.05, 3.63) is 18.0 Å². The van der Waals surface area contributed by atoms with E-state index >= 15 is 0 Å². The van der Waals surface area contributed by atoms with Crippen molar-refractivity contribution in [2.75, 3.05) is 0 Å². The van der Waals surface area contributed by atoms with E-state index in [9.17, 15) is 4.79 Å². The number of hydrogen-bond donors (Lipinski definition) is 1. The smallest absolute Gasteiger partial charge is 0.306 e. The molecule has 1 aromatic rings. The second-order valence-corrected chi connectivity index (χ2v) is 4.65. The molecule has 4 nitrogen and oxygen atoms in total. The largest absolute Gasteiger partial charge is 0.481 e. The number of hydrogen-bond acceptors (Lipinski definition) is 2. The van der Waals surface area contributed by atoms with Gasteiger partial charge in [-0.05, 0) is 31.2 Å². The van der Waals surface area contributed by atoms with Crippen LogP contribution in [0.2, 0.25) is 0 Å². The van der Waals surface area contributed by atoms with Crippen molar-refractivity contribution in [3.8, 4) is 0 Å². The van der Waals surface area contributed by atoms with E-state index in [1.165, 1.54) is 0 Å². The van der Waals surface area contributed by atoms with Gasteiger partial charge in [0.15, 0.2) is 0 Å². The van der Waals surface area contributed by atoms with Crippen molar-refractivity contribution in [2.45, 2.75) is 33.1 Å². The molecule has 0 radical (unpaired) electrons. The Morgan fingerprint density at radius 2 is 2.25 bits per heavy atom. The molecule has 90 valence electrons. The summed E-state index contributed by atoms with van der Waals surface area (Å²) in [7, 11) is 1.88. The molecular weight excluding hydrogens is 204 g/mol. The number of carbonyl (C=O) groups is 1. The predicted molar refractivity (Wildman–Crippen MR) is 62.1 cm³/mol. The number of carboxylic acids is 1. The van der Waals surface area contributed by atoms with E-state index in [1.54, 1.807) is 10.9 Å². The van der Waals surface area contributed by atoms with Crippen LogP contribution in [0.1, 0.15) is 32.4 Å². The quantitative estimate of drug-likeness (QED) is 0.805. The third-order valence-corrected chi connectivity index (χ3v) is 2.78. The fraction of sp³-hybridized carbons (Fsp3) is 0.667. The van der Waals surface area contributed by atoms with Crippen molar-refractivity contribution in [3.63, 3.8) is 0 Å². The number of rotatable bonds is 6. The first kappa shape index (κ1) is 12.7. The Labute approximate surface area is 96.3 Å². The predicted octanol–water partition coefficient (Wildman–Crippen LogP) is 2.10. The Bertz CT molecular complexity index is 345. The van der Waals surface area contributed by atoms with Gasteiger partial charge in [-0.15, -0.1) is 0 Å². The van der Waals surface area contributed by atoms with Crippen LogP contribution in [0, 0.1) is 11.8 Å². The summed E-state index contributed by atoms with van der Waals surface area (Å²) in [6.07, 6.45) is 3.95. The van der Waals surface area contributed by atoms with Crippen LogP contribution in [-0.4, -0.2) is 20.9 Å². The van der Waals surface area contributed by atoms with Crippen LogP contribution in [0.15, 0.2) is 12.3 Å². The van der Waals surface area contributed by atoms with Gasteiger partial charge in [-0.25, -0.2) is 0 Å². The monoisotopic (exact) mass is 224 g/mol. The van der Waals surface area contributed by atoms with Crippen LogP contribution in [-0.2, 0) is 18.3 Å². The number of carboxylic acid groups (broad SMARTS) is 1. The highest BCUT2D eigenvalue weighted by Crippen LogP contribution is 2.18. The van der Waals surface area contributed by atoms with Crippen molar-refractivity contribution < 1.29 is 9.90 Å². The number of aryl methyl sites for hydroxylation is 2. The van der Waals surface area contributed by atoms with Gasteiger partial charge in [0, 0.05) is 18.9 Å². The lowest BCUT2D eigenvalue weighted by Gasteiger charge is -2.14. The van der Waals surface area contributed by atoms with Crippen LogP contribution in [0.4, 0.5) is 0 Å². The van der Waals surface area contributed by atoms with Crippen molar-refractivity contribution in [1.29, 1.82) is 0 Å². The second-order valence-electron chi connectivity index (χ2n) is 4.65. The molecule has 1 rings (SSSR count). The Balaban J connectivity index is 2.50. The van der Waals surface area contributed by atoms with E-state index in [2.05, 4.69) is 18.9 Å². The number of aromatic nitrogens is 2. The molecule has 1 unspecified atom stereocenters. The molecule has 1 N–H and O–H groups in total. The lowest BCUT2D eigenvalue weighted by Crippen LogP contribution is -2.17. The van der Waals surface area contributed by atoms with Gasteiger partial charge in [0.25, 0.3) is 0 Å². The van der Waals surface area contributed by atoms with E-state index in [4.69, 9.17) is 5.11 Å². The third kappa shape index (κ3) is 3.68. The van der Waals surface area contributed by atoms with Crippen molar-refractivity contribution in [2.24, 2.45) is 18.9 Å². The summed E-state index contributed by atoms with van der Waals surface area (Å²) in [5, 5.41) is 13.2. The van der Waals surface area contributed by atoms with Gasteiger partial charge in [0.2, 0.25) is 0 Å². The summed E-state index contributed by atoms with van der Waals surface area (Å²) >= 11 is 0. The highest BCUT2D eigenvalue weighted by atomic mass is 16.4. The molecule has 0 aromatic carbocycles. The van der Waals surface area contributed by atoms with Gasteiger partial charge in [-0.3, -0.25) is 9.48 Å². The molecule has 4 heteroatoms. The normalized spacial score (nSPS) is 13.0. The molecule has 0 aliphatic carbocycles. The molecule has 1 atom stereocenters. The first-order valence-electron chi connectivity index (χ1n) is 5.70. The van der Waals surface area contributed by atoms with E-state index < -0.39 is 5.97 Å². The molecule has 0 aliphatic rings. The molecule has 16 heavy (non-hydrogen) atoms. The van der Waals surface area contributed by atoms with Crippen LogP contribution in [0.5, 0.6) is 0 Å². The Kier molecular flexibility index (Phi) is 4.52. The number of aliphatic carboxylic acids is 1. The molecule has 0 saturated carbocycles. The summed E-state index contributed by atoms with van der Waals surface area (Å²) in [4.78, 5) is 11.1. The number of nitrogens with zero attached hydrogens (tertiary/aromatic N) is 2. The average molecular weight is 224 g/mol. The van der Waals surface area contributed by atoms with Crippen molar-refractivity contribution in [1.82, 2.24) is 9.78 Å². The third-order valence-electron chi connectivity index (χ3n) is 2.78. The fourth-order valence-electron chi connectivity index (χ4n) is 1.88. The van der Waals surface area contributed by atoms with Crippen LogP contribution in [0.3, 0.4) is 0 Å². The molecule has 1 aromatic heterocycles. The zero-order valence-electron chi connectivity index (χ0n) is 10.2. The van der Waals surface area contributed by atoms with Crippen LogP contribution < -0.4 is 0 Å². The summed E-state index contributed by atoms with van der Waals surface area (Å²) in [6, 6.07) is 1.94. The van der Waals surface area contributed by atoms with Gasteiger partial charge < -0.3 is 5.11 Å². The molecule has 0 spiro atoms. The van der Waals surface area contributed by atoms with Gasteiger partial charge in [-0.1, -0.05) is 13.8 Å². The minimum Gasteiger partial charge on any atom is -0.481 e. The molecular formula is C12H20N2O2. The Hall–Kier alpha value is -1.32. The zero-order valence-corrected chi connectivity index (χ0v) is 10.2. The first-order valence-corrected chi connectivity index (χ1v) is 5.70. The maximum Gasteiger partial charge on any atom is 0.306 e. The highest BCUT2D eigenvalue weighted by molar-refractivity contribution is 5.69. The van der Waals surface area contributed by atoms with E-state index in [0.29, 0.717) is 12.3 Å². The maximum absolute atomic E-state index is 11.1.